The fourth-order valence-electron chi connectivity index (χ4n) is 3.06. The smallest absolute Gasteiger partial charge is 0.315 e. The zero-order valence-electron chi connectivity index (χ0n) is 13.6. The van der Waals surface area contributed by atoms with Crippen molar-refractivity contribution in [1.82, 2.24) is 25.2 Å². The van der Waals surface area contributed by atoms with Crippen LogP contribution in [-0.4, -0.2) is 44.3 Å². The number of halogens is 1. The van der Waals surface area contributed by atoms with Gasteiger partial charge in [-0.15, -0.1) is 0 Å². The normalized spacial score (nSPS) is 20.4. The first-order chi connectivity index (χ1) is 12.0. The molecule has 1 aliphatic carbocycles. The molecule has 0 atom stereocenters. The van der Waals surface area contributed by atoms with E-state index in [1.165, 1.54) is 0 Å². The van der Waals surface area contributed by atoms with Crippen LogP contribution in [-0.2, 0) is 11.2 Å². The van der Waals surface area contributed by atoms with Crippen LogP contribution in [0.15, 0.2) is 18.6 Å². The van der Waals surface area contributed by atoms with Crippen LogP contribution in [0.25, 0.3) is 5.65 Å². The Hall–Kier alpha value is -2.35. The molecule has 8 nitrogen and oxygen atoms in total. The van der Waals surface area contributed by atoms with Gasteiger partial charge in [0.2, 0.25) is 0 Å². The molecule has 2 aromatic heterocycles. The number of fused-ring (bicyclic) bond motifs is 1. The van der Waals surface area contributed by atoms with Crippen molar-refractivity contribution in [2.75, 3.05) is 6.54 Å². The van der Waals surface area contributed by atoms with Crippen LogP contribution in [0.1, 0.15) is 31.2 Å². The number of carboxylic acids is 1. The maximum Gasteiger partial charge on any atom is 0.315 e. The Labute approximate surface area is 149 Å². The number of carbonyl (C=O) groups is 2. The number of aromatic nitrogens is 3. The minimum absolute atomic E-state index is 0.0415. The SMILES string of the molecule is O=C(NCCc1cnc2c(Cl)cnn2c1)NC1CCC(C(=O)O)CC1. The molecule has 0 aliphatic heterocycles. The molecule has 1 saturated carbocycles. The molecule has 2 amide bonds. The molecule has 0 unspecified atom stereocenters. The van der Waals surface area contributed by atoms with Crippen molar-refractivity contribution in [2.45, 2.75) is 38.1 Å². The summed E-state index contributed by atoms with van der Waals surface area (Å²) < 4.78 is 1.61. The number of carbonyl (C=O) groups excluding carboxylic acids is 1. The monoisotopic (exact) mass is 365 g/mol. The molecule has 3 rings (SSSR count). The van der Waals surface area contributed by atoms with E-state index < -0.39 is 5.97 Å². The highest BCUT2D eigenvalue weighted by Crippen LogP contribution is 2.24. The highest BCUT2D eigenvalue weighted by atomic mass is 35.5. The van der Waals surface area contributed by atoms with Gasteiger partial charge in [-0.1, -0.05) is 11.6 Å². The summed E-state index contributed by atoms with van der Waals surface area (Å²) >= 11 is 5.95. The van der Waals surface area contributed by atoms with Gasteiger partial charge in [-0.3, -0.25) is 4.79 Å². The lowest BCUT2D eigenvalue weighted by atomic mass is 9.86. The fraction of sp³-hybridized carbons (Fsp3) is 0.500. The number of hydrogen-bond acceptors (Lipinski definition) is 4. The topological polar surface area (TPSA) is 109 Å². The zero-order valence-corrected chi connectivity index (χ0v) is 14.4. The third kappa shape index (κ3) is 4.39. The van der Waals surface area contributed by atoms with Gasteiger partial charge in [0.25, 0.3) is 0 Å². The lowest BCUT2D eigenvalue weighted by Crippen LogP contribution is -2.44. The Morgan fingerprint density at radius 1 is 1.28 bits per heavy atom. The number of nitrogens with one attached hydrogen (secondary N) is 2. The van der Waals surface area contributed by atoms with Crippen LogP contribution in [0.5, 0.6) is 0 Å². The van der Waals surface area contributed by atoms with Gasteiger partial charge in [0.1, 0.15) is 5.02 Å². The Morgan fingerprint density at radius 2 is 2.04 bits per heavy atom. The highest BCUT2D eigenvalue weighted by Gasteiger charge is 2.26. The quantitative estimate of drug-likeness (QED) is 0.749. The molecule has 0 spiro atoms. The van der Waals surface area contributed by atoms with Crippen molar-refractivity contribution < 1.29 is 14.7 Å². The molecule has 2 aromatic rings. The van der Waals surface area contributed by atoms with Gasteiger partial charge in [-0.05, 0) is 37.7 Å². The standard InChI is InChI=1S/C16H20ClN5O3/c17-13-8-20-22-9-10(7-19-14(13)22)5-6-18-16(25)21-12-3-1-11(2-4-12)15(23)24/h7-9,11-12H,1-6H2,(H,23,24)(H2,18,21,25). The van der Waals surface area contributed by atoms with Crippen LogP contribution in [0.3, 0.4) is 0 Å². The minimum Gasteiger partial charge on any atom is -0.481 e. The summed E-state index contributed by atoms with van der Waals surface area (Å²) in [6.07, 6.45) is 8.33. The van der Waals surface area contributed by atoms with E-state index in [0.717, 1.165) is 5.56 Å². The fourth-order valence-corrected chi connectivity index (χ4v) is 3.23. The first-order valence-electron chi connectivity index (χ1n) is 8.28. The van der Waals surface area contributed by atoms with E-state index in [9.17, 15) is 9.59 Å². The Morgan fingerprint density at radius 3 is 2.76 bits per heavy atom. The van der Waals surface area contributed by atoms with Crippen molar-refractivity contribution >= 4 is 29.2 Å². The largest absolute Gasteiger partial charge is 0.481 e. The number of hydrogen-bond donors (Lipinski definition) is 3. The van der Waals surface area contributed by atoms with Gasteiger partial charge in [0, 0.05) is 25.0 Å². The molecule has 3 N–H and O–H groups in total. The summed E-state index contributed by atoms with van der Waals surface area (Å²) in [5.41, 5.74) is 1.54. The van der Waals surface area contributed by atoms with E-state index >= 15 is 0 Å². The van der Waals surface area contributed by atoms with Crippen LogP contribution < -0.4 is 10.6 Å². The highest BCUT2D eigenvalue weighted by molar-refractivity contribution is 6.33. The van der Waals surface area contributed by atoms with Crippen molar-refractivity contribution in [3.63, 3.8) is 0 Å². The second-order valence-electron chi connectivity index (χ2n) is 6.26. The molecule has 0 bridgehead atoms. The lowest BCUT2D eigenvalue weighted by Gasteiger charge is -2.26. The first kappa shape index (κ1) is 17.5. The van der Waals surface area contributed by atoms with Crippen LogP contribution in [0.4, 0.5) is 4.79 Å². The number of urea groups is 1. The van der Waals surface area contributed by atoms with Gasteiger partial charge in [0.15, 0.2) is 5.65 Å². The summed E-state index contributed by atoms with van der Waals surface area (Å²) in [4.78, 5) is 27.1. The number of carboxylic acid groups (broad SMARTS) is 1. The summed E-state index contributed by atoms with van der Waals surface area (Å²) in [5, 5.41) is 19.3. The molecule has 2 heterocycles. The zero-order chi connectivity index (χ0) is 17.8. The Bertz CT molecular complexity index is 770. The van der Waals surface area contributed by atoms with Crippen molar-refractivity contribution in [3.05, 3.63) is 29.2 Å². The van der Waals surface area contributed by atoms with Crippen LogP contribution in [0, 0.1) is 5.92 Å². The third-order valence-electron chi connectivity index (χ3n) is 4.48. The second-order valence-corrected chi connectivity index (χ2v) is 6.67. The van der Waals surface area contributed by atoms with Gasteiger partial charge in [0.05, 0.1) is 12.1 Å². The molecule has 0 radical (unpaired) electrons. The van der Waals surface area contributed by atoms with Gasteiger partial charge in [-0.2, -0.15) is 5.10 Å². The molecular weight excluding hydrogens is 346 g/mol. The number of nitrogens with zero attached hydrogens (tertiary/aromatic N) is 3. The third-order valence-corrected chi connectivity index (χ3v) is 4.74. The van der Waals surface area contributed by atoms with Crippen molar-refractivity contribution in [2.24, 2.45) is 5.92 Å². The first-order valence-corrected chi connectivity index (χ1v) is 8.65. The van der Waals surface area contributed by atoms with Crippen molar-refractivity contribution in [1.29, 1.82) is 0 Å². The molecule has 0 saturated heterocycles. The maximum absolute atomic E-state index is 11.9. The average Bonchev–Trinajstić information content (AvgIpc) is 2.96. The van der Waals surface area contributed by atoms with E-state index in [-0.39, 0.29) is 18.0 Å². The maximum atomic E-state index is 11.9. The summed E-state index contributed by atoms with van der Waals surface area (Å²) in [6, 6.07) is -0.185. The summed E-state index contributed by atoms with van der Waals surface area (Å²) in [6.45, 7) is 0.471. The van der Waals surface area contributed by atoms with Crippen LogP contribution >= 0.6 is 11.6 Å². The van der Waals surface area contributed by atoms with E-state index in [1.807, 2.05) is 6.20 Å². The van der Waals surface area contributed by atoms with Gasteiger partial charge < -0.3 is 15.7 Å². The molecule has 134 valence electrons. The molecule has 1 fully saturated rings. The number of aliphatic carboxylic acids is 1. The summed E-state index contributed by atoms with van der Waals surface area (Å²) in [7, 11) is 0. The Kier molecular flexibility index (Phi) is 5.37. The molecule has 1 aliphatic rings. The van der Waals surface area contributed by atoms with E-state index in [1.54, 1.807) is 16.9 Å². The summed E-state index contributed by atoms with van der Waals surface area (Å²) in [5.74, 6) is -1.02. The van der Waals surface area contributed by atoms with Crippen LogP contribution in [0.2, 0.25) is 5.02 Å². The van der Waals surface area contributed by atoms with Gasteiger partial charge in [-0.25, -0.2) is 14.3 Å². The molecule has 0 aromatic carbocycles. The molecule has 25 heavy (non-hydrogen) atoms. The average molecular weight is 366 g/mol. The van der Waals surface area contributed by atoms with E-state index in [4.69, 9.17) is 16.7 Å². The number of amides is 2. The number of rotatable bonds is 5. The Balaban J connectivity index is 1.41. The van der Waals surface area contributed by atoms with E-state index in [0.29, 0.717) is 49.3 Å². The molecule has 9 heteroatoms. The van der Waals surface area contributed by atoms with Crippen molar-refractivity contribution in [3.8, 4) is 0 Å². The van der Waals surface area contributed by atoms with Gasteiger partial charge >= 0.3 is 12.0 Å². The van der Waals surface area contributed by atoms with E-state index in [2.05, 4.69) is 20.7 Å². The lowest BCUT2D eigenvalue weighted by molar-refractivity contribution is -0.142. The minimum atomic E-state index is -0.744. The molecular formula is C16H20ClN5O3. The second kappa shape index (κ2) is 7.69. The predicted molar refractivity (Wildman–Crippen MR) is 91.6 cm³/mol. The predicted octanol–water partition coefficient (Wildman–Crippen LogP) is 1.87.